The van der Waals surface area contributed by atoms with Gasteiger partial charge >= 0.3 is 0 Å². The predicted octanol–water partition coefficient (Wildman–Crippen LogP) is 3.03. The van der Waals surface area contributed by atoms with Gasteiger partial charge in [-0.1, -0.05) is 11.6 Å². The quantitative estimate of drug-likeness (QED) is 0.446. The fourth-order valence-corrected chi connectivity index (χ4v) is 4.11. The number of aromatic amines is 1. The molecule has 2 aromatic rings. The standard InChI is InChI=1S/C22H26ClF2N5O4/c1-11(9-34-2)28-21(32)18-19(27-10-26-18)22(33)29-14-5-3-12(4-6-14)20(31)30-17-15(23)7-13(24)8-16(17)25/h7-8,10-12,14H,3-6,9H2,1-2H3,(H,26,27)(H,28,32)(H,29,33)(H,30,31)/t11-,12-,14-/m1/s1. The van der Waals surface area contributed by atoms with Crippen LogP contribution in [0.3, 0.4) is 0 Å². The number of anilines is 1. The molecule has 0 radical (unpaired) electrons. The number of nitrogens with zero attached hydrogens (tertiary/aromatic N) is 1. The summed E-state index contributed by atoms with van der Waals surface area (Å²) in [6.07, 6.45) is 3.17. The Morgan fingerprint density at radius 2 is 1.91 bits per heavy atom. The average Bonchev–Trinajstić information content (AvgIpc) is 3.27. The molecule has 0 saturated heterocycles. The van der Waals surface area contributed by atoms with Crippen molar-refractivity contribution in [1.82, 2.24) is 20.6 Å². The van der Waals surface area contributed by atoms with Gasteiger partial charge in [-0.25, -0.2) is 13.8 Å². The van der Waals surface area contributed by atoms with Crippen molar-refractivity contribution >= 4 is 35.0 Å². The minimum atomic E-state index is -0.949. The number of amides is 3. The molecular formula is C22H26ClF2N5O4. The highest BCUT2D eigenvalue weighted by molar-refractivity contribution is 6.33. The number of carbonyl (C=O) groups is 3. The zero-order chi connectivity index (χ0) is 24.8. The first kappa shape index (κ1) is 25.6. The van der Waals surface area contributed by atoms with Crippen LogP contribution in [-0.2, 0) is 9.53 Å². The van der Waals surface area contributed by atoms with Gasteiger partial charge in [0, 0.05) is 31.2 Å². The molecule has 0 aliphatic heterocycles. The average molecular weight is 498 g/mol. The summed E-state index contributed by atoms with van der Waals surface area (Å²) < 4.78 is 32.1. The van der Waals surface area contributed by atoms with Crippen LogP contribution in [-0.4, -0.2) is 53.5 Å². The van der Waals surface area contributed by atoms with Crippen molar-refractivity contribution in [3.8, 4) is 0 Å². The van der Waals surface area contributed by atoms with Crippen molar-refractivity contribution in [3.63, 3.8) is 0 Å². The molecule has 1 heterocycles. The Morgan fingerprint density at radius 3 is 2.56 bits per heavy atom. The van der Waals surface area contributed by atoms with E-state index >= 15 is 0 Å². The summed E-state index contributed by atoms with van der Waals surface area (Å²) in [5.74, 6) is -3.59. The Hall–Kier alpha value is -3.05. The van der Waals surface area contributed by atoms with E-state index in [1.54, 1.807) is 6.92 Å². The molecule has 0 bridgehead atoms. The number of carbonyl (C=O) groups excluding carboxylic acids is 3. The summed E-state index contributed by atoms with van der Waals surface area (Å²) in [7, 11) is 1.52. The van der Waals surface area contributed by atoms with Gasteiger partial charge in [-0.05, 0) is 38.7 Å². The molecule has 1 saturated carbocycles. The maximum absolute atomic E-state index is 13.9. The van der Waals surface area contributed by atoms with Crippen LogP contribution in [0.15, 0.2) is 18.5 Å². The van der Waals surface area contributed by atoms with Crippen LogP contribution in [0.25, 0.3) is 0 Å². The van der Waals surface area contributed by atoms with E-state index in [0.29, 0.717) is 38.4 Å². The van der Waals surface area contributed by atoms with E-state index in [1.165, 1.54) is 13.4 Å². The second-order valence-corrected chi connectivity index (χ2v) is 8.62. The van der Waals surface area contributed by atoms with Crippen molar-refractivity contribution in [2.45, 2.75) is 44.7 Å². The summed E-state index contributed by atoms with van der Waals surface area (Å²) in [5, 5.41) is 7.77. The van der Waals surface area contributed by atoms with E-state index in [4.69, 9.17) is 16.3 Å². The lowest BCUT2D eigenvalue weighted by atomic mass is 9.85. The van der Waals surface area contributed by atoms with Gasteiger partial charge in [0.25, 0.3) is 11.8 Å². The van der Waals surface area contributed by atoms with Crippen LogP contribution in [0.1, 0.15) is 53.6 Å². The minimum Gasteiger partial charge on any atom is -0.383 e. The Morgan fingerprint density at radius 1 is 1.21 bits per heavy atom. The van der Waals surface area contributed by atoms with Crippen molar-refractivity contribution in [1.29, 1.82) is 0 Å². The van der Waals surface area contributed by atoms with Crippen LogP contribution in [0.5, 0.6) is 0 Å². The molecule has 1 atom stereocenters. The molecular weight excluding hydrogens is 472 g/mol. The third-order valence-corrected chi connectivity index (χ3v) is 5.86. The van der Waals surface area contributed by atoms with Crippen LogP contribution >= 0.6 is 11.6 Å². The highest BCUT2D eigenvalue weighted by atomic mass is 35.5. The monoisotopic (exact) mass is 497 g/mol. The molecule has 1 aliphatic rings. The largest absolute Gasteiger partial charge is 0.383 e. The van der Waals surface area contributed by atoms with Crippen molar-refractivity contribution in [2.24, 2.45) is 5.92 Å². The van der Waals surface area contributed by atoms with Crippen molar-refractivity contribution < 1.29 is 27.9 Å². The van der Waals surface area contributed by atoms with E-state index in [2.05, 4.69) is 25.9 Å². The molecule has 0 unspecified atom stereocenters. The van der Waals surface area contributed by atoms with E-state index < -0.39 is 35.3 Å². The molecule has 1 aliphatic carbocycles. The number of halogens is 3. The molecule has 184 valence electrons. The number of benzene rings is 1. The van der Waals surface area contributed by atoms with Gasteiger partial charge in [0.2, 0.25) is 5.91 Å². The zero-order valence-corrected chi connectivity index (χ0v) is 19.5. The number of methoxy groups -OCH3 is 1. The minimum absolute atomic E-state index is 0.0216. The molecule has 9 nitrogen and oxygen atoms in total. The number of hydrogen-bond acceptors (Lipinski definition) is 5. The molecule has 1 aromatic carbocycles. The fraction of sp³-hybridized carbons (Fsp3) is 0.455. The lowest BCUT2D eigenvalue weighted by molar-refractivity contribution is -0.120. The number of rotatable bonds is 8. The highest BCUT2D eigenvalue weighted by Gasteiger charge is 2.30. The number of ether oxygens (including phenoxy) is 1. The van der Waals surface area contributed by atoms with Crippen molar-refractivity contribution in [2.75, 3.05) is 19.0 Å². The first-order valence-corrected chi connectivity index (χ1v) is 11.2. The number of nitrogens with one attached hydrogen (secondary N) is 4. The number of aromatic nitrogens is 2. The summed E-state index contributed by atoms with van der Waals surface area (Å²) >= 11 is 5.84. The fourth-order valence-electron chi connectivity index (χ4n) is 3.87. The SMILES string of the molecule is COC[C@@H](C)NC(=O)c1nc[nH]c1C(=O)N[C@H]1CC[C@H](C(=O)Nc2c(F)cc(F)cc2Cl)CC1. The summed E-state index contributed by atoms with van der Waals surface area (Å²) in [6, 6.07) is 1.10. The number of imidazole rings is 1. The maximum atomic E-state index is 13.9. The van der Waals surface area contributed by atoms with Crippen LogP contribution < -0.4 is 16.0 Å². The van der Waals surface area contributed by atoms with Gasteiger partial charge in [0.15, 0.2) is 11.5 Å². The molecule has 0 spiro atoms. The molecule has 3 amide bonds. The second-order valence-electron chi connectivity index (χ2n) is 8.21. The van der Waals surface area contributed by atoms with E-state index in [-0.39, 0.29) is 34.2 Å². The molecule has 3 rings (SSSR count). The van der Waals surface area contributed by atoms with Gasteiger partial charge in [-0.15, -0.1) is 0 Å². The second kappa shape index (κ2) is 11.4. The summed E-state index contributed by atoms with van der Waals surface area (Å²) in [4.78, 5) is 44.3. The number of H-pyrrole nitrogens is 1. The lowest BCUT2D eigenvalue weighted by Crippen LogP contribution is -2.41. The predicted molar refractivity (Wildman–Crippen MR) is 121 cm³/mol. The van der Waals surface area contributed by atoms with Crippen LogP contribution in [0, 0.1) is 17.6 Å². The molecule has 12 heteroatoms. The third kappa shape index (κ3) is 6.29. The Labute approximate surface area is 200 Å². The van der Waals surface area contributed by atoms with Crippen LogP contribution in [0.2, 0.25) is 5.02 Å². The van der Waals surface area contributed by atoms with Gasteiger partial charge in [-0.2, -0.15) is 0 Å². The van der Waals surface area contributed by atoms with Gasteiger partial charge < -0.3 is 25.7 Å². The first-order valence-electron chi connectivity index (χ1n) is 10.8. The smallest absolute Gasteiger partial charge is 0.272 e. The number of hydrogen-bond donors (Lipinski definition) is 4. The van der Waals surface area contributed by atoms with Gasteiger partial charge in [-0.3, -0.25) is 14.4 Å². The lowest BCUT2D eigenvalue weighted by Gasteiger charge is -2.28. The molecule has 34 heavy (non-hydrogen) atoms. The third-order valence-electron chi connectivity index (χ3n) is 5.56. The normalized spacial score (nSPS) is 18.7. The molecule has 4 N–H and O–H groups in total. The van der Waals surface area contributed by atoms with Crippen LogP contribution in [0.4, 0.5) is 14.5 Å². The Bertz CT molecular complexity index is 1030. The molecule has 1 aromatic heterocycles. The van der Waals surface area contributed by atoms with E-state index in [1.807, 2.05) is 0 Å². The highest BCUT2D eigenvalue weighted by Crippen LogP contribution is 2.30. The van der Waals surface area contributed by atoms with E-state index in [9.17, 15) is 23.2 Å². The Balaban J connectivity index is 1.53. The first-order chi connectivity index (χ1) is 16.2. The zero-order valence-electron chi connectivity index (χ0n) is 18.7. The van der Waals surface area contributed by atoms with Crippen molar-refractivity contribution in [3.05, 3.63) is 46.5 Å². The maximum Gasteiger partial charge on any atom is 0.272 e. The topological polar surface area (TPSA) is 125 Å². The molecule has 1 fully saturated rings. The van der Waals surface area contributed by atoms with Gasteiger partial charge in [0.05, 0.1) is 23.6 Å². The Kier molecular flexibility index (Phi) is 8.56. The summed E-state index contributed by atoms with van der Waals surface area (Å²) in [5.41, 5.74) is -0.233. The van der Waals surface area contributed by atoms with Gasteiger partial charge in [0.1, 0.15) is 11.5 Å². The summed E-state index contributed by atoms with van der Waals surface area (Å²) in [6.45, 7) is 2.08. The van der Waals surface area contributed by atoms with E-state index in [0.717, 1.165) is 6.07 Å².